The average molecular weight is 428 g/mol. The minimum absolute atomic E-state index is 0.00792. The number of carbonyl (C=O) groups excluding carboxylic acids is 1. The molecule has 158 valence electrons. The predicted molar refractivity (Wildman–Crippen MR) is 116 cm³/mol. The summed E-state index contributed by atoms with van der Waals surface area (Å²) in [7, 11) is 4.87. The largest absolute Gasteiger partial charge is 0.493 e. The molecule has 1 heterocycles. The molecule has 1 aromatic heterocycles. The van der Waals surface area contributed by atoms with E-state index in [9.17, 15) is 4.79 Å². The fourth-order valence-electron chi connectivity index (χ4n) is 2.87. The summed E-state index contributed by atoms with van der Waals surface area (Å²) >= 11 is 1.53. The molecule has 1 amide bonds. The fraction of sp³-hybridized carbons (Fsp3) is 0.318. The second kappa shape index (κ2) is 9.67. The molecule has 7 nitrogen and oxygen atoms in total. The van der Waals surface area contributed by atoms with Gasteiger partial charge in [-0.1, -0.05) is 17.7 Å². The highest BCUT2D eigenvalue weighted by molar-refractivity contribution is 8.00. The lowest BCUT2D eigenvalue weighted by Gasteiger charge is -2.19. The lowest BCUT2D eigenvalue weighted by atomic mass is 10.2. The third-order valence-corrected chi connectivity index (χ3v) is 5.63. The van der Waals surface area contributed by atoms with Crippen molar-refractivity contribution in [3.63, 3.8) is 0 Å². The van der Waals surface area contributed by atoms with E-state index < -0.39 is 0 Å². The monoisotopic (exact) mass is 427 g/mol. The number of rotatable bonds is 8. The lowest BCUT2D eigenvalue weighted by Crippen LogP contribution is -2.32. The van der Waals surface area contributed by atoms with E-state index in [4.69, 9.17) is 13.9 Å². The van der Waals surface area contributed by atoms with Crippen LogP contribution in [0.2, 0.25) is 0 Å². The van der Waals surface area contributed by atoms with Crippen LogP contribution < -0.4 is 9.47 Å². The topological polar surface area (TPSA) is 77.7 Å². The van der Waals surface area contributed by atoms with Crippen molar-refractivity contribution in [2.75, 3.05) is 21.3 Å². The smallest absolute Gasteiger partial charge is 0.247 e. The van der Waals surface area contributed by atoms with Crippen LogP contribution in [0.4, 0.5) is 0 Å². The molecule has 0 fully saturated rings. The molecule has 0 saturated heterocycles. The summed E-state index contributed by atoms with van der Waals surface area (Å²) in [6, 6.07) is 13.5. The van der Waals surface area contributed by atoms with Crippen molar-refractivity contribution in [1.29, 1.82) is 0 Å². The Kier molecular flexibility index (Phi) is 6.99. The Morgan fingerprint density at radius 2 is 1.80 bits per heavy atom. The molecule has 0 aliphatic carbocycles. The molecule has 30 heavy (non-hydrogen) atoms. The number of thioether (sulfide) groups is 1. The zero-order valence-electron chi connectivity index (χ0n) is 17.7. The Bertz CT molecular complexity index is 1000. The van der Waals surface area contributed by atoms with E-state index in [1.54, 1.807) is 38.3 Å². The van der Waals surface area contributed by atoms with Crippen LogP contribution in [-0.4, -0.2) is 47.5 Å². The van der Waals surface area contributed by atoms with Crippen LogP contribution in [0, 0.1) is 6.92 Å². The van der Waals surface area contributed by atoms with Crippen LogP contribution >= 0.6 is 11.8 Å². The second-order valence-corrected chi connectivity index (χ2v) is 8.25. The Morgan fingerprint density at radius 3 is 2.47 bits per heavy atom. The number of ether oxygens (including phenoxy) is 2. The highest BCUT2D eigenvalue weighted by Gasteiger charge is 2.21. The van der Waals surface area contributed by atoms with Crippen LogP contribution in [0.1, 0.15) is 18.4 Å². The molecule has 3 aromatic rings. The number of methoxy groups -OCH3 is 2. The van der Waals surface area contributed by atoms with Crippen LogP contribution in [0.3, 0.4) is 0 Å². The number of carbonyl (C=O) groups is 1. The van der Waals surface area contributed by atoms with Crippen molar-refractivity contribution in [1.82, 2.24) is 15.1 Å². The molecule has 2 aromatic carbocycles. The van der Waals surface area contributed by atoms with E-state index in [1.807, 2.05) is 44.2 Å². The van der Waals surface area contributed by atoms with E-state index in [0.717, 1.165) is 4.90 Å². The van der Waals surface area contributed by atoms with Crippen LogP contribution in [-0.2, 0) is 11.3 Å². The molecule has 0 N–H and O–H groups in total. The van der Waals surface area contributed by atoms with E-state index >= 15 is 0 Å². The number of hydrogen-bond acceptors (Lipinski definition) is 7. The molecule has 0 radical (unpaired) electrons. The summed E-state index contributed by atoms with van der Waals surface area (Å²) in [4.78, 5) is 15.4. The van der Waals surface area contributed by atoms with Crippen LogP contribution in [0.25, 0.3) is 11.5 Å². The van der Waals surface area contributed by atoms with Crippen LogP contribution in [0.5, 0.6) is 11.5 Å². The molecule has 0 spiro atoms. The summed E-state index contributed by atoms with van der Waals surface area (Å²) < 4.78 is 16.3. The van der Waals surface area contributed by atoms with Crippen molar-refractivity contribution < 1.29 is 18.7 Å². The first-order chi connectivity index (χ1) is 14.4. The van der Waals surface area contributed by atoms with Crippen molar-refractivity contribution in [2.24, 2.45) is 0 Å². The molecule has 1 atom stereocenters. The molecular weight excluding hydrogens is 402 g/mol. The van der Waals surface area contributed by atoms with Gasteiger partial charge < -0.3 is 18.8 Å². The Morgan fingerprint density at radius 1 is 1.10 bits per heavy atom. The van der Waals surface area contributed by atoms with E-state index in [0.29, 0.717) is 28.8 Å². The molecule has 3 rings (SSSR count). The minimum atomic E-state index is -0.231. The first-order valence-corrected chi connectivity index (χ1v) is 10.3. The van der Waals surface area contributed by atoms with Crippen molar-refractivity contribution >= 4 is 17.7 Å². The number of nitrogens with zero attached hydrogens (tertiary/aromatic N) is 3. The number of aryl methyl sites for hydroxylation is 1. The summed E-state index contributed by atoms with van der Waals surface area (Å²) in [5, 5.41) is 7.94. The Hall–Kier alpha value is -3.00. The summed E-state index contributed by atoms with van der Waals surface area (Å²) in [6.45, 7) is 4.17. The maximum absolute atomic E-state index is 12.7. The summed E-state index contributed by atoms with van der Waals surface area (Å²) in [5.41, 5.74) is 1.90. The maximum Gasteiger partial charge on any atom is 0.247 e. The summed E-state index contributed by atoms with van der Waals surface area (Å²) in [5.74, 6) is 1.90. The molecule has 0 unspecified atom stereocenters. The van der Waals surface area contributed by atoms with E-state index in [1.165, 1.54) is 17.3 Å². The van der Waals surface area contributed by atoms with Gasteiger partial charge in [-0.15, -0.1) is 22.0 Å². The van der Waals surface area contributed by atoms with Gasteiger partial charge >= 0.3 is 0 Å². The number of aromatic nitrogens is 2. The van der Waals surface area contributed by atoms with Gasteiger partial charge in [0.05, 0.1) is 26.0 Å². The standard InChI is InChI=1S/C22H25N3O4S/c1-14-6-9-17(10-7-14)30-15(2)22(26)25(3)13-20-23-24-21(29-20)16-8-11-18(27-4)19(12-16)28-5/h6-12,15H,13H2,1-5H3/t15-/m0/s1. The van der Waals surface area contributed by atoms with E-state index in [2.05, 4.69) is 10.2 Å². The first-order valence-electron chi connectivity index (χ1n) is 9.44. The third-order valence-electron chi connectivity index (χ3n) is 4.53. The molecule has 8 heteroatoms. The van der Waals surface area contributed by atoms with Gasteiger partial charge in [0, 0.05) is 17.5 Å². The maximum atomic E-state index is 12.7. The minimum Gasteiger partial charge on any atom is -0.493 e. The highest BCUT2D eigenvalue weighted by Crippen LogP contribution is 2.32. The van der Waals surface area contributed by atoms with Gasteiger partial charge in [-0.25, -0.2) is 0 Å². The lowest BCUT2D eigenvalue weighted by molar-refractivity contribution is -0.129. The molecule has 0 saturated carbocycles. The van der Waals surface area contributed by atoms with Crippen molar-refractivity contribution in [3.05, 3.63) is 53.9 Å². The first kappa shape index (κ1) is 21.7. The number of benzene rings is 2. The van der Waals surface area contributed by atoms with Gasteiger partial charge in [0.1, 0.15) is 0 Å². The molecular formula is C22H25N3O4S. The molecule has 0 bridgehead atoms. The van der Waals surface area contributed by atoms with Crippen molar-refractivity contribution in [2.45, 2.75) is 30.5 Å². The SMILES string of the molecule is COc1ccc(-c2nnc(CN(C)C(=O)[C@H](C)Sc3ccc(C)cc3)o2)cc1OC. The van der Waals surface area contributed by atoms with Gasteiger partial charge in [0.25, 0.3) is 0 Å². The quantitative estimate of drug-likeness (QED) is 0.499. The van der Waals surface area contributed by atoms with Gasteiger partial charge in [-0.05, 0) is 44.2 Å². The van der Waals surface area contributed by atoms with Crippen molar-refractivity contribution in [3.8, 4) is 23.0 Å². The molecule has 0 aliphatic rings. The number of amides is 1. The fourth-order valence-corrected chi connectivity index (χ4v) is 3.85. The van der Waals surface area contributed by atoms with Gasteiger partial charge in [0.15, 0.2) is 11.5 Å². The van der Waals surface area contributed by atoms with Gasteiger partial charge in [0.2, 0.25) is 17.7 Å². The predicted octanol–water partition coefficient (Wildman–Crippen LogP) is 4.20. The Labute approximate surface area is 180 Å². The normalized spacial score (nSPS) is 11.8. The van der Waals surface area contributed by atoms with Gasteiger partial charge in [-0.2, -0.15) is 0 Å². The molecule has 0 aliphatic heterocycles. The third kappa shape index (κ3) is 5.13. The van der Waals surface area contributed by atoms with Gasteiger partial charge in [-0.3, -0.25) is 4.79 Å². The zero-order valence-corrected chi connectivity index (χ0v) is 18.5. The average Bonchev–Trinajstić information content (AvgIpc) is 3.22. The number of hydrogen-bond donors (Lipinski definition) is 0. The Balaban J connectivity index is 1.64. The summed E-state index contributed by atoms with van der Waals surface area (Å²) in [6.07, 6.45) is 0. The highest BCUT2D eigenvalue weighted by atomic mass is 32.2. The zero-order chi connectivity index (χ0) is 21.7. The van der Waals surface area contributed by atoms with Crippen LogP contribution in [0.15, 0.2) is 51.8 Å². The van der Waals surface area contributed by atoms with E-state index in [-0.39, 0.29) is 17.7 Å². The second-order valence-electron chi connectivity index (χ2n) is 6.84.